The molecule has 1 rings (SSSR count). The zero-order chi connectivity index (χ0) is 15.3. The van der Waals surface area contributed by atoms with Gasteiger partial charge >= 0.3 is 0 Å². The van der Waals surface area contributed by atoms with Gasteiger partial charge in [-0.05, 0) is 45.9 Å². The molecule has 112 valence electrons. The SMILES string of the molecule is COc1ccc(N)c(SCC(=O)N(C(C)C)C(C)C)c1. The summed E-state index contributed by atoms with van der Waals surface area (Å²) in [5.41, 5.74) is 6.60. The quantitative estimate of drug-likeness (QED) is 0.647. The molecule has 0 unspecified atom stereocenters. The van der Waals surface area contributed by atoms with Gasteiger partial charge in [0.05, 0.1) is 12.9 Å². The fraction of sp³-hybridized carbons (Fsp3) is 0.533. The van der Waals surface area contributed by atoms with Crippen LogP contribution in [0.15, 0.2) is 23.1 Å². The van der Waals surface area contributed by atoms with Gasteiger partial charge in [0, 0.05) is 22.7 Å². The minimum absolute atomic E-state index is 0.127. The molecule has 0 aliphatic carbocycles. The van der Waals surface area contributed by atoms with Gasteiger partial charge in [-0.15, -0.1) is 11.8 Å². The van der Waals surface area contributed by atoms with Crippen LogP contribution in [0.5, 0.6) is 5.75 Å². The van der Waals surface area contributed by atoms with Crippen LogP contribution in [0.2, 0.25) is 0 Å². The van der Waals surface area contributed by atoms with E-state index in [2.05, 4.69) is 0 Å². The minimum Gasteiger partial charge on any atom is -0.497 e. The largest absolute Gasteiger partial charge is 0.497 e. The number of hydrogen-bond donors (Lipinski definition) is 1. The molecule has 1 aromatic carbocycles. The number of thioether (sulfide) groups is 1. The van der Waals surface area contributed by atoms with Crippen molar-refractivity contribution in [3.63, 3.8) is 0 Å². The molecule has 20 heavy (non-hydrogen) atoms. The van der Waals surface area contributed by atoms with E-state index in [1.165, 1.54) is 11.8 Å². The molecule has 5 heteroatoms. The predicted molar refractivity (Wildman–Crippen MR) is 85.2 cm³/mol. The number of hydrogen-bond acceptors (Lipinski definition) is 4. The van der Waals surface area contributed by atoms with E-state index >= 15 is 0 Å². The van der Waals surface area contributed by atoms with Crippen LogP contribution in [0.1, 0.15) is 27.7 Å². The third-order valence-electron chi connectivity index (χ3n) is 2.97. The van der Waals surface area contributed by atoms with Gasteiger partial charge in [-0.1, -0.05) is 0 Å². The Morgan fingerprint density at radius 3 is 2.40 bits per heavy atom. The van der Waals surface area contributed by atoms with E-state index in [-0.39, 0.29) is 18.0 Å². The number of benzene rings is 1. The summed E-state index contributed by atoms with van der Waals surface area (Å²) in [7, 11) is 1.62. The smallest absolute Gasteiger partial charge is 0.233 e. The molecule has 0 fully saturated rings. The van der Waals surface area contributed by atoms with Gasteiger partial charge in [0.15, 0.2) is 0 Å². The first-order valence-corrected chi connectivity index (χ1v) is 7.72. The van der Waals surface area contributed by atoms with Crippen molar-refractivity contribution in [2.24, 2.45) is 0 Å². The Labute approximate surface area is 125 Å². The van der Waals surface area contributed by atoms with Gasteiger partial charge in [0.2, 0.25) is 5.91 Å². The molecule has 0 bridgehead atoms. The maximum atomic E-state index is 12.3. The highest BCUT2D eigenvalue weighted by Gasteiger charge is 2.20. The molecule has 0 atom stereocenters. The Balaban J connectivity index is 2.73. The molecule has 0 radical (unpaired) electrons. The highest BCUT2D eigenvalue weighted by molar-refractivity contribution is 8.00. The standard InChI is InChI=1S/C15H24N2O2S/c1-10(2)17(11(3)4)15(18)9-20-14-8-12(19-5)6-7-13(14)16/h6-8,10-11H,9,16H2,1-5H3. The maximum absolute atomic E-state index is 12.3. The average Bonchev–Trinajstić information content (AvgIpc) is 2.37. The molecule has 0 saturated heterocycles. The molecular formula is C15H24N2O2S. The number of methoxy groups -OCH3 is 1. The fourth-order valence-corrected chi connectivity index (χ4v) is 3.02. The van der Waals surface area contributed by atoms with Gasteiger partial charge in [-0.25, -0.2) is 0 Å². The second-order valence-electron chi connectivity index (χ2n) is 5.18. The fourth-order valence-electron chi connectivity index (χ4n) is 2.15. The molecule has 1 amide bonds. The first-order chi connectivity index (χ1) is 9.36. The number of carbonyl (C=O) groups excluding carboxylic acids is 1. The number of ether oxygens (including phenoxy) is 1. The van der Waals surface area contributed by atoms with Crippen LogP contribution in [-0.2, 0) is 4.79 Å². The number of anilines is 1. The summed E-state index contributed by atoms with van der Waals surface area (Å²) in [5.74, 6) is 1.26. The van der Waals surface area contributed by atoms with Gasteiger partial charge in [0.1, 0.15) is 5.75 Å². The Bertz CT molecular complexity index is 453. The van der Waals surface area contributed by atoms with E-state index in [0.29, 0.717) is 11.4 Å². The number of rotatable bonds is 6. The van der Waals surface area contributed by atoms with Crippen LogP contribution in [0.3, 0.4) is 0 Å². The molecule has 0 aliphatic heterocycles. The third-order valence-corrected chi connectivity index (χ3v) is 4.03. The van der Waals surface area contributed by atoms with E-state index in [9.17, 15) is 4.79 Å². The Kier molecular flexibility index (Phi) is 6.20. The first kappa shape index (κ1) is 16.7. The van der Waals surface area contributed by atoms with E-state index in [0.717, 1.165) is 10.6 Å². The average molecular weight is 296 g/mol. The van der Waals surface area contributed by atoms with E-state index in [1.54, 1.807) is 13.2 Å². The van der Waals surface area contributed by atoms with Gasteiger partial charge < -0.3 is 15.4 Å². The number of nitrogen functional groups attached to an aromatic ring is 1. The third kappa shape index (κ3) is 4.34. The van der Waals surface area contributed by atoms with E-state index in [4.69, 9.17) is 10.5 Å². The lowest BCUT2D eigenvalue weighted by Crippen LogP contribution is -2.43. The summed E-state index contributed by atoms with van der Waals surface area (Å²) in [5, 5.41) is 0. The molecular weight excluding hydrogens is 272 g/mol. The van der Waals surface area contributed by atoms with Crippen LogP contribution in [0, 0.1) is 0 Å². The van der Waals surface area contributed by atoms with Crippen LogP contribution in [-0.4, -0.2) is 35.8 Å². The number of amides is 1. The minimum atomic E-state index is 0.127. The van der Waals surface area contributed by atoms with Gasteiger partial charge in [-0.3, -0.25) is 4.79 Å². The normalized spacial score (nSPS) is 10.9. The number of nitrogens with two attached hydrogens (primary N) is 1. The van der Waals surface area contributed by atoms with Crippen molar-refractivity contribution in [2.45, 2.75) is 44.7 Å². The maximum Gasteiger partial charge on any atom is 0.233 e. The second kappa shape index (κ2) is 7.43. The van der Waals surface area contributed by atoms with Crippen LogP contribution < -0.4 is 10.5 Å². The molecule has 0 aromatic heterocycles. The molecule has 2 N–H and O–H groups in total. The highest BCUT2D eigenvalue weighted by Crippen LogP contribution is 2.29. The van der Waals surface area contributed by atoms with E-state index in [1.807, 2.05) is 44.7 Å². The van der Waals surface area contributed by atoms with Crippen molar-refractivity contribution >= 4 is 23.4 Å². The lowest BCUT2D eigenvalue weighted by molar-refractivity contribution is -0.131. The van der Waals surface area contributed by atoms with Crippen molar-refractivity contribution in [3.8, 4) is 5.75 Å². The summed E-state index contributed by atoms with van der Waals surface area (Å²) in [6, 6.07) is 5.88. The Morgan fingerprint density at radius 1 is 1.30 bits per heavy atom. The summed E-state index contributed by atoms with van der Waals surface area (Å²) in [6.45, 7) is 8.12. The summed E-state index contributed by atoms with van der Waals surface area (Å²) < 4.78 is 5.18. The summed E-state index contributed by atoms with van der Waals surface area (Å²) >= 11 is 1.45. The highest BCUT2D eigenvalue weighted by atomic mass is 32.2. The zero-order valence-corrected chi connectivity index (χ0v) is 13.7. The van der Waals surface area contributed by atoms with Crippen molar-refractivity contribution in [2.75, 3.05) is 18.6 Å². The van der Waals surface area contributed by atoms with Gasteiger partial charge in [0.25, 0.3) is 0 Å². The molecule has 0 aliphatic rings. The molecule has 4 nitrogen and oxygen atoms in total. The van der Waals surface area contributed by atoms with Crippen LogP contribution in [0.25, 0.3) is 0 Å². The number of nitrogens with zero attached hydrogens (tertiary/aromatic N) is 1. The van der Waals surface area contributed by atoms with E-state index < -0.39 is 0 Å². The second-order valence-corrected chi connectivity index (χ2v) is 6.20. The molecule has 0 saturated carbocycles. The monoisotopic (exact) mass is 296 g/mol. The number of carbonyl (C=O) groups is 1. The Morgan fingerprint density at radius 2 is 1.90 bits per heavy atom. The lowest BCUT2D eigenvalue weighted by Gasteiger charge is -2.30. The first-order valence-electron chi connectivity index (χ1n) is 6.74. The summed E-state index contributed by atoms with van der Waals surface area (Å²) in [4.78, 5) is 15.1. The summed E-state index contributed by atoms with van der Waals surface area (Å²) in [6.07, 6.45) is 0. The van der Waals surface area contributed by atoms with Gasteiger partial charge in [-0.2, -0.15) is 0 Å². The zero-order valence-electron chi connectivity index (χ0n) is 12.8. The van der Waals surface area contributed by atoms with Crippen molar-refractivity contribution in [1.29, 1.82) is 0 Å². The lowest BCUT2D eigenvalue weighted by atomic mass is 10.2. The predicted octanol–water partition coefficient (Wildman–Crippen LogP) is 3.01. The molecule has 1 aromatic rings. The van der Waals surface area contributed by atoms with Crippen molar-refractivity contribution < 1.29 is 9.53 Å². The van der Waals surface area contributed by atoms with Crippen molar-refractivity contribution in [1.82, 2.24) is 4.90 Å². The van der Waals surface area contributed by atoms with Crippen molar-refractivity contribution in [3.05, 3.63) is 18.2 Å². The van der Waals surface area contributed by atoms with Crippen LogP contribution in [0.4, 0.5) is 5.69 Å². The molecule has 0 spiro atoms. The molecule has 0 heterocycles. The van der Waals surface area contributed by atoms with Crippen LogP contribution >= 0.6 is 11.8 Å². The Hall–Kier alpha value is -1.36. The topological polar surface area (TPSA) is 55.6 Å².